The third kappa shape index (κ3) is 2.19. The van der Waals surface area contributed by atoms with Crippen molar-refractivity contribution in [2.24, 2.45) is 5.10 Å². The topological polar surface area (TPSA) is 91.3 Å². The minimum atomic E-state index is -0.498. The highest BCUT2D eigenvalue weighted by Crippen LogP contribution is 2.12. The fourth-order valence-corrected chi connectivity index (χ4v) is 1.67. The zero-order chi connectivity index (χ0) is 12.4. The number of hydrogen-bond acceptors (Lipinski definition) is 6. The molecule has 0 aromatic heterocycles. The lowest BCUT2D eigenvalue weighted by Gasteiger charge is -2.23. The second kappa shape index (κ2) is 4.40. The van der Waals surface area contributed by atoms with Gasteiger partial charge in [-0.05, 0) is 6.92 Å². The van der Waals surface area contributed by atoms with Crippen LogP contribution in [0.4, 0.5) is 0 Å². The van der Waals surface area contributed by atoms with Crippen molar-refractivity contribution in [2.75, 3.05) is 26.2 Å². The number of nitrogens with one attached hydrogen (secondary N) is 1. The van der Waals surface area contributed by atoms with Crippen molar-refractivity contribution in [3.8, 4) is 0 Å². The number of fused-ring (bicyclic) bond motifs is 1. The lowest BCUT2D eigenvalue weighted by atomic mass is 10.5. The molecule has 2 rings (SSSR count). The molecule has 0 bridgehead atoms. The molecule has 0 radical (unpaired) electrons. The van der Waals surface area contributed by atoms with Crippen LogP contribution in [0.2, 0.25) is 0 Å². The molecule has 8 nitrogen and oxygen atoms in total. The molecule has 0 aromatic rings. The molecule has 2 amide bonds. The predicted octanol–water partition coefficient (Wildman–Crippen LogP) is -1.91. The zero-order valence-electron chi connectivity index (χ0n) is 9.30. The van der Waals surface area contributed by atoms with Gasteiger partial charge in [-0.15, -0.1) is 5.10 Å². The lowest BCUT2D eigenvalue weighted by molar-refractivity contribution is -0.146. The molecule has 0 aromatic carbocycles. The van der Waals surface area contributed by atoms with E-state index in [1.165, 1.54) is 9.80 Å². The van der Waals surface area contributed by atoms with Gasteiger partial charge in [-0.25, -0.2) is 5.43 Å². The number of guanidine groups is 1. The molecule has 92 valence electrons. The third-order valence-corrected chi connectivity index (χ3v) is 2.36. The van der Waals surface area contributed by atoms with Gasteiger partial charge in [0.25, 0.3) is 5.91 Å². The van der Waals surface area contributed by atoms with E-state index in [4.69, 9.17) is 4.74 Å². The van der Waals surface area contributed by atoms with Gasteiger partial charge in [0.1, 0.15) is 19.6 Å². The second-order valence-electron chi connectivity index (χ2n) is 3.59. The summed E-state index contributed by atoms with van der Waals surface area (Å²) in [5.41, 5.74) is 2.27. The molecule has 0 spiro atoms. The summed E-state index contributed by atoms with van der Waals surface area (Å²) in [5.74, 6) is -0.752. The van der Waals surface area contributed by atoms with Gasteiger partial charge in [-0.1, -0.05) is 0 Å². The van der Waals surface area contributed by atoms with E-state index in [0.717, 1.165) is 0 Å². The van der Waals surface area contributed by atoms with Crippen molar-refractivity contribution in [3.05, 3.63) is 0 Å². The fraction of sp³-hybridized carbons (Fsp3) is 0.556. The molecule has 1 N–H and O–H groups in total. The Balaban J connectivity index is 2.09. The number of hydrazone groups is 1. The molecule has 0 unspecified atom stereocenters. The maximum atomic E-state index is 11.6. The average molecular weight is 240 g/mol. The maximum absolute atomic E-state index is 11.6. The first kappa shape index (κ1) is 11.4. The molecular weight excluding hydrogens is 228 g/mol. The van der Waals surface area contributed by atoms with Crippen LogP contribution in [0.1, 0.15) is 6.92 Å². The molecular formula is C9H12N4O4. The van der Waals surface area contributed by atoms with Crippen LogP contribution < -0.4 is 5.43 Å². The van der Waals surface area contributed by atoms with E-state index in [-0.39, 0.29) is 38.1 Å². The number of nitrogens with zero attached hydrogens (tertiary/aromatic N) is 3. The molecule has 0 aliphatic carbocycles. The van der Waals surface area contributed by atoms with Gasteiger partial charge in [0.05, 0.1) is 6.61 Å². The van der Waals surface area contributed by atoms with Gasteiger partial charge < -0.3 is 9.64 Å². The fourth-order valence-electron chi connectivity index (χ4n) is 1.67. The summed E-state index contributed by atoms with van der Waals surface area (Å²) < 4.78 is 4.76. The van der Waals surface area contributed by atoms with Gasteiger partial charge in [-0.3, -0.25) is 19.3 Å². The Labute approximate surface area is 97.2 Å². The van der Waals surface area contributed by atoms with E-state index in [1.54, 1.807) is 6.92 Å². The summed E-state index contributed by atoms with van der Waals surface area (Å²) in [6.07, 6.45) is 0. The molecule has 0 saturated carbocycles. The number of amides is 2. The Bertz CT molecular complexity index is 406. The number of ether oxygens (including phenoxy) is 1. The van der Waals surface area contributed by atoms with E-state index >= 15 is 0 Å². The summed E-state index contributed by atoms with van der Waals surface area (Å²) in [6.45, 7) is 1.90. The van der Waals surface area contributed by atoms with Crippen molar-refractivity contribution in [3.63, 3.8) is 0 Å². The summed E-state index contributed by atoms with van der Waals surface area (Å²) in [6, 6.07) is 0. The van der Waals surface area contributed by atoms with Crippen LogP contribution >= 0.6 is 0 Å². The zero-order valence-corrected chi connectivity index (χ0v) is 9.30. The summed E-state index contributed by atoms with van der Waals surface area (Å²) in [4.78, 5) is 36.7. The molecule has 1 saturated heterocycles. The maximum Gasteiger partial charge on any atom is 0.326 e. The molecule has 0 atom stereocenters. The molecule has 2 aliphatic rings. The van der Waals surface area contributed by atoms with Gasteiger partial charge in [0, 0.05) is 0 Å². The normalized spacial score (nSPS) is 18.8. The Morgan fingerprint density at radius 2 is 2.24 bits per heavy atom. The van der Waals surface area contributed by atoms with E-state index in [0.29, 0.717) is 5.96 Å². The van der Waals surface area contributed by atoms with Crippen LogP contribution in [0.5, 0.6) is 0 Å². The standard InChI is InChI=1S/C9H12N4O4/c1-2-17-8(16)5-13-7(15)4-12-3-6(14)10-11-9(12)13/h2-5H2,1H3,(H,10,14). The molecule has 17 heavy (non-hydrogen) atoms. The van der Waals surface area contributed by atoms with Crippen LogP contribution in [0.25, 0.3) is 0 Å². The van der Waals surface area contributed by atoms with E-state index < -0.39 is 5.97 Å². The van der Waals surface area contributed by atoms with Crippen molar-refractivity contribution in [1.82, 2.24) is 15.2 Å². The largest absolute Gasteiger partial charge is 0.465 e. The molecule has 8 heteroatoms. The molecule has 2 aliphatic heterocycles. The second-order valence-corrected chi connectivity index (χ2v) is 3.59. The first-order valence-corrected chi connectivity index (χ1v) is 5.19. The van der Waals surface area contributed by atoms with Crippen molar-refractivity contribution in [2.45, 2.75) is 6.92 Å². The Morgan fingerprint density at radius 1 is 1.47 bits per heavy atom. The summed E-state index contributed by atoms with van der Waals surface area (Å²) in [5, 5.41) is 3.76. The van der Waals surface area contributed by atoms with E-state index in [2.05, 4.69) is 10.5 Å². The smallest absolute Gasteiger partial charge is 0.326 e. The number of hydrogen-bond donors (Lipinski definition) is 1. The molecule has 1 fully saturated rings. The summed E-state index contributed by atoms with van der Waals surface area (Å²) >= 11 is 0. The first-order valence-electron chi connectivity index (χ1n) is 5.19. The number of esters is 1. The minimum Gasteiger partial charge on any atom is -0.465 e. The van der Waals surface area contributed by atoms with Crippen LogP contribution in [0, 0.1) is 0 Å². The monoisotopic (exact) mass is 240 g/mol. The highest BCUT2D eigenvalue weighted by molar-refractivity contribution is 6.08. The average Bonchev–Trinajstić information content (AvgIpc) is 2.55. The number of carbonyl (C=O) groups is 3. The number of rotatable bonds is 3. The highest BCUT2D eigenvalue weighted by Gasteiger charge is 2.38. The van der Waals surface area contributed by atoms with Crippen LogP contribution in [-0.2, 0) is 19.1 Å². The molecule has 2 heterocycles. The first-order chi connectivity index (χ1) is 8.11. The summed E-state index contributed by atoms with van der Waals surface area (Å²) in [7, 11) is 0. The van der Waals surface area contributed by atoms with Gasteiger partial charge in [-0.2, -0.15) is 0 Å². The Kier molecular flexibility index (Phi) is 2.94. The van der Waals surface area contributed by atoms with Crippen LogP contribution in [0.15, 0.2) is 5.10 Å². The van der Waals surface area contributed by atoms with Gasteiger partial charge in [0.15, 0.2) is 0 Å². The third-order valence-electron chi connectivity index (χ3n) is 2.36. The van der Waals surface area contributed by atoms with Gasteiger partial charge >= 0.3 is 5.97 Å². The van der Waals surface area contributed by atoms with Crippen molar-refractivity contribution in [1.29, 1.82) is 0 Å². The predicted molar refractivity (Wildman–Crippen MR) is 55.5 cm³/mol. The quantitative estimate of drug-likeness (QED) is 0.581. The van der Waals surface area contributed by atoms with Crippen LogP contribution in [-0.4, -0.2) is 59.8 Å². The van der Waals surface area contributed by atoms with Gasteiger partial charge in [0.2, 0.25) is 11.9 Å². The highest BCUT2D eigenvalue weighted by atomic mass is 16.5. The minimum absolute atomic E-state index is 0.0612. The number of carbonyl (C=O) groups excluding carboxylic acids is 3. The Morgan fingerprint density at radius 3 is 2.94 bits per heavy atom. The van der Waals surface area contributed by atoms with Crippen LogP contribution in [0.3, 0.4) is 0 Å². The van der Waals surface area contributed by atoms with E-state index in [1.807, 2.05) is 0 Å². The lowest BCUT2D eigenvalue weighted by Crippen LogP contribution is -2.47. The Hall–Kier alpha value is -2.12. The SMILES string of the molecule is CCOC(=O)CN1C(=O)CN2CC(=O)NN=C21. The van der Waals surface area contributed by atoms with Crippen molar-refractivity contribution >= 4 is 23.7 Å². The van der Waals surface area contributed by atoms with E-state index in [9.17, 15) is 14.4 Å². The van der Waals surface area contributed by atoms with Crippen molar-refractivity contribution < 1.29 is 19.1 Å².